The normalized spacial score (nSPS) is 19.3. The minimum Gasteiger partial charge on any atom is -0.484 e. The van der Waals surface area contributed by atoms with Crippen molar-refractivity contribution in [3.05, 3.63) is 29.0 Å². The van der Waals surface area contributed by atoms with Crippen LogP contribution in [0.4, 0.5) is 4.39 Å². The highest BCUT2D eigenvalue weighted by molar-refractivity contribution is 6.30. The Labute approximate surface area is 115 Å². The molecule has 1 amide bonds. The summed E-state index contributed by atoms with van der Waals surface area (Å²) < 4.78 is 18.2. The van der Waals surface area contributed by atoms with Crippen LogP contribution < -0.4 is 4.74 Å². The first-order valence-corrected chi connectivity index (χ1v) is 6.48. The maximum atomic E-state index is 12.9. The molecule has 1 aliphatic rings. The van der Waals surface area contributed by atoms with Gasteiger partial charge in [0, 0.05) is 19.2 Å². The Morgan fingerprint density at radius 3 is 3.05 bits per heavy atom. The lowest BCUT2D eigenvalue weighted by Crippen LogP contribution is -2.44. The van der Waals surface area contributed by atoms with Crippen molar-refractivity contribution in [2.75, 3.05) is 19.7 Å². The van der Waals surface area contributed by atoms with Crippen LogP contribution in [0.25, 0.3) is 0 Å². The molecule has 2 rings (SSSR count). The average Bonchev–Trinajstić information content (AvgIpc) is 2.40. The summed E-state index contributed by atoms with van der Waals surface area (Å²) >= 11 is 5.61. The molecule has 6 heteroatoms. The number of hydrogen-bond acceptors (Lipinski definition) is 3. The molecule has 0 aromatic heterocycles. The van der Waals surface area contributed by atoms with Gasteiger partial charge in [-0.05, 0) is 25.0 Å². The van der Waals surface area contributed by atoms with Gasteiger partial charge in [0.15, 0.2) is 6.61 Å². The SMILES string of the molecule is O=C(COc1ccc(F)c(Cl)c1)N1CCCC(O)C1. The monoisotopic (exact) mass is 287 g/mol. The van der Waals surface area contributed by atoms with E-state index in [1.165, 1.54) is 18.2 Å². The zero-order valence-corrected chi connectivity index (χ0v) is 11.1. The Balaban J connectivity index is 1.87. The van der Waals surface area contributed by atoms with E-state index in [0.717, 1.165) is 12.8 Å². The summed E-state index contributed by atoms with van der Waals surface area (Å²) in [6.45, 7) is 0.824. The van der Waals surface area contributed by atoms with E-state index in [1.807, 2.05) is 0 Å². The fraction of sp³-hybridized carbons (Fsp3) is 0.462. The Kier molecular flexibility index (Phi) is 4.61. The zero-order chi connectivity index (χ0) is 13.8. The van der Waals surface area contributed by atoms with Crippen LogP contribution in [0.3, 0.4) is 0 Å². The highest BCUT2D eigenvalue weighted by Gasteiger charge is 2.22. The van der Waals surface area contributed by atoms with Crippen LogP contribution in [0.1, 0.15) is 12.8 Å². The topological polar surface area (TPSA) is 49.8 Å². The standard InChI is InChI=1S/C13H15ClFNO3/c14-11-6-10(3-4-12(11)15)19-8-13(18)16-5-1-2-9(17)7-16/h3-4,6,9,17H,1-2,5,7-8H2. The van der Waals surface area contributed by atoms with Crippen LogP contribution in [0.5, 0.6) is 5.75 Å². The van der Waals surface area contributed by atoms with E-state index in [2.05, 4.69) is 0 Å². The minimum absolute atomic E-state index is 0.0432. The fourth-order valence-electron chi connectivity index (χ4n) is 1.98. The van der Waals surface area contributed by atoms with Gasteiger partial charge in [-0.1, -0.05) is 11.6 Å². The zero-order valence-electron chi connectivity index (χ0n) is 10.3. The molecule has 1 fully saturated rings. The number of ether oxygens (including phenoxy) is 1. The maximum Gasteiger partial charge on any atom is 0.260 e. The van der Waals surface area contributed by atoms with Gasteiger partial charge in [0.25, 0.3) is 5.91 Å². The summed E-state index contributed by atoms with van der Waals surface area (Å²) in [4.78, 5) is 13.4. The lowest BCUT2D eigenvalue weighted by Gasteiger charge is -2.30. The number of β-amino-alcohol motifs (C(OH)–C–C–N with tert-alkyl or cyclic N) is 1. The van der Waals surface area contributed by atoms with Gasteiger partial charge in [-0.3, -0.25) is 4.79 Å². The van der Waals surface area contributed by atoms with Crippen molar-refractivity contribution in [1.82, 2.24) is 4.90 Å². The van der Waals surface area contributed by atoms with Crippen molar-refractivity contribution in [1.29, 1.82) is 0 Å². The number of amides is 1. The molecule has 0 spiro atoms. The molecular formula is C13H15ClFNO3. The summed E-state index contributed by atoms with van der Waals surface area (Å²) in [5, 5.41) is 9.44. The summed E-state index contributed by atoms with van der Waals surface area (Å²) in [5.74, 6) is -0.379. The van der Waals surface area contributed by atoms with E-state index in [0.29, 0.717) is 18.8 Å². The molecule has 19 heavy (non-hydrogen) atoms. The van der Waals surface area contributed by atoms with E-state index in [9.17, 15) is 14.3 Å². The smallest absolute Gasteiger partial charge is 0.260 e. The van der Waals surface area contributed by atoms with Crippen LogP contribution >= 0.6 is 11.6 Å². The van der Waals surface area contributed by atoms with Gasteiger partial charge in [0.2, 0.25) is 0 Å². The third-order valence-electron chi connectivity index (χ3n) is 3.00. The number of aliphatic hydroxyl groups excluding tert-OH is 1. The molecular weight excluding hydrogens is 273 g/mol. The van der Waals surface area contributed by atoms with E-state index in [-0.39, 0.29) is 17.5 Å². The Hall–Kier alpha value is -1.33. The summed E-state index contributed by atoms with van der Waals surface area (Å²) in [5.41, 5.74) is 0. The Morgan fingerprint density at radius 2 is 2.37 bits per heavy atom. The van der Waals surface area contributed by atoms with E-state index < -0.39 is 11.9 Å². The summed E-state index contributed by atoms with van der Waals surface area (Å²) in [6, 6.07) is 3.93. The molecule has 0 bridgehead atoms. The third-order valence-corrected chi connectivity index (χ3v) is 3.29. The van der Waals surface area contributed by atoms with Gasteiger partial charge >= 0.3 is 0 Å². The van der Waals surface area contributed by atoms with Crippen LogP contribution in [-0.4, -0.2) is 41.7 Å². The number of carbonyl (C=O) groups is 1. The Morgan fingerprint density at radius 1 is 1.58 bits per heavy atom. The highest BCUT2D eigenvalue weighted by Crippen LogP contribution is 2.21. The number of hydrogen-bond donors (Lipinski definition) is 1. The number of likely N-dealkylation sites (tertiary alicyclic amines) is 1. The number of benzene rings is 1. The number of nitrogens with zero attached hydrogens (tertiary/aromatic N) is 1. The van der Waals surface area contributed by atoms with Crippen molar-refractivity contribution < 1.29 is 19.0 Å². The maximum absolute atomic E-state index is 12.9. The molecule has 1 atom stereocenters. The molecule has 4 nitrogen and oxygen atoms in total. The van der Waals surface area contributed by atoms with Gasteiger partial charge in [-0.15, -0.1) is 0 Å². The number of piperidine rings is 1. The van der Waals surface area contributed by atoms with Crippen molar-refractivity contribution in [2.24, 2.45) is 0 Å². The summed E-state index contributed by atoms with van der Waals surface area (Å²) in [7, 11) is 0. The number of rotatable bonds is 3. The molecule has 1 aromatic carbocycles. The largest absolute Gasteiger partial charge is 0.484 e. The number of halogens is 2. The first-order chi connectivity index (χ1) is 9.06. The van der Waals surface area contributed by atoms with Crippen molar-refractivity contribution in [3.8, 4) is 5.75 Å². The molecule has 1 aliphatic heterocycles. The van der Waals surface area contributed by atoms with Crippen LogP contribution in [0.2, 0.25) is 5.02 Å². The van der Waals surface area contributed by atoms with Crippen LogP contribution in [0.15, 0.2) is 18.2 Å². The predicted octanol–water partition coefficient (Wildman–Crippen LogP) is 1.84. The lowest BCUT2D eigenvalue weighted by atomic mass is 10.1. The molecule has 1 unspecified atom stereocenters. The lowest BCUT2D eigenvalue weighted by molar-refractivity contribution is -0.136. The number of aliphatic hydroxyl groups is 1. The molecule has 0 radical (unpaired) electrons. The first-order valence-electron chi connectivity index (χ1n) is 6.10. The second kappa shape index (κ2) is 6.21. The molecule has 1 heterocycles. The van der Waals surface area contributed by atoms with Gasteiger partial charge in [-0.25, -0.2) is 4.39 Å². The average molecular weight is 288 g/mol. The number of carbonyl (C=O) groups excluding carboxylic acids is 1. The van der Waals surface area contributed by atoms with Gasteiger partial charge in [0.05, 0.1) is 11.1 Å². The van der Waals surface area contributed by atoms with Gasteiger partial charge < -0.3 is 14.7 Å². The molecule has 0 saturated carbocycles. The molecule has 1 saturated heterocycles. The predicted molar refractivity (Wildman–Crippen MR) is 68.7 cm³/mol. The first kappa shape index (κ1) is 14.1. The Bertz CT molecular complexity index is 469. The van der Waals surface area contributed by atoms with Gasteiger partial charge in [-0.2, -0.15) is 0 Å². The molecule has 1 aromatic rings. The highest BCUT2D eigenvalue weighted by atomic mass is 35.5. The van der Waals surface area contributed by atoms with E-state index in [4.69, 9.17) is 16.3 Å². The third kappa shape index (κ3) is 3.81. The van der Waals surface area contributed by atoms with Crippen molar-refractivity contribution in [2.45, 2.75) is 18.9 Å². The second-order valence-corrected chi connectivity index (χ2v) is 4.91. The summed E-state index contributed by atoms with van der Waals surface area (Å²) in [6.07, 6.45) is 1.05. The van der Waals surface area contributed by atoms with E-state index in [1.54, 1.807) is 4.90 Å². The van der Waals surface area contributed by atoms with Crippen molar-refractivity contribution in [3.63, 3.8) is 0 Å². The van der Waals surface area contributed by atoms with Crippen LogP contribution in [0, 0.1) is 5.82 Å². The van der Waals surface area contributed by atoms with E-state index >= 15 is 0 Å². The van der Waals surface area contributed by atoms with Crippen molar-refractivity contribution >= 4 is 17.5 Å². The molecule has 1 N–H and O–H groups in total. The van der Waals surface area contributed by atoms with Gasteiger partial charge in [0.1, 0.15) is 11.6 Å². The minimum atomic E-state index is -0.528. The molecule has 104 valence electrons. The van der Waals surface area contributed by atoms with Crippen LogP contribution in [-0.2, 0) is 4.79 Å². The quantitative estimate of drug-likeness (QED) is 0.923. The second-order valence-electron chi connectivity index (χ2n) is 4.50. The molecule has 0 aliphatic carbocycles. The fourth-order valence-corrected chi connectivity index (χ4v) is 2.15.